The van der Waals surface area contributed by atoms with Gasteiger partial charge in [-0.05, 0) is 31.2 Å². The van der Waals surface area contributed by atoms with Crippen LogP contribution < -0.4 is 5.32 Å². The maximum atomic E-state index is 12.7. The number of amides is 1. The van der Waals surface area contributed by atoms with Crippen LogP contribution in [0, 0.1) is 6.92 Å². The Kier molecular flexibility index (Phi) is 3.89. The number of fused-ring (bicyclic) bond motifs is 1. The number of anilines is 1. The van der Waals surface area contributed by atoms with Crippen LogP contribution in [-0.2, 0) is 7.05 Å². The normalized spacial score (nSPS) is 11.0. The lowest BCUT2D eigenvalue weighted by molar-refractivity contribution is 0.102. The summed E-state index contributed by atoms with van der Waals surface area (Å²) in [5.41, 5.74) is 3.15. The largest absolute Gasteiger partial charge is 0.320 e. The van der Waals surface area contributed by atoms with Crippen molar-refractivity contribution in [2.24, 2.45) is 7.05 Å². The van der Waals surface area contributed by atoms with Gasteiger partial charge in [0.25, 0.3) is 5.91 Å². The first-order valence-electron chi connectivity index (χ1n) is 7.78. The van der Waals surface area contributed by atoms with Crippen LogP contribution in [0.25, 0.3) is 16.7 Å². The van der Waals surface area contributed by atoms with Crippen molar-refractivity contribution in [1.82, 2.24) is 29.5 Å². The number of aryl methyl sites for hydroxylation is 2. The zero-order valence-corrected chi connectivity index (χ0v) is 14.8. The molecular weight excluding hydrogens is 354 g/mol. The fraction of sp³-hybridized carbons (Fsp3) is 0.118. The van der Waals surface area contributed by atoms with Gasteiger partial charge >= 0.3 is 0 Å². The first-order chi connectivity index (χ1) is 12.5. The summed E-state index contributed by atoms with van der Waals surface area (Å²) in [6.45, 7) is 1.88. The average Bonchev–Trinajstić information content (AvgIpc) is 3.24. The number of benzene rings is 1. The highest BCUT2D eigenvalue weighted by atomic mass is 35.5. The first kappa shape index (κ1) is 16.2. The minimum absolute atomic E-state index is 0.300. The maximum absolute atomic E-state index is 12.7. The summed E-state index contributed by atoms with van der Waals surface area (Å²) < 4.78 is 3.24. The second-order valence-corrected chi connectivity index (χ2v) is 6.20. The van der Waals surface area contributed by atoms with Crippen LogP contribution in [0.15, 0.2) is 43.1 Å². The van der Waals surface area contributed by atoms with Crippen LogP contribution in [0.4, 0.5) is 5.69 Å². The predicted molar refractivity (Wildman–Crippen MR) is 97.6 cm³/mol. The number of hydrogen-bond donors (Lipinski definition) is 1. The van der Waals surface area contributed by atoms with Gasteiger partial charge in [-0.1, -0.05) is 11.6 Å². The van der Waals surface area contributed by atoms with E-state index in [1.165, 1.54) is 12.5 Å². The molecule has 0 bridgehead atoms. The van der Waals surface area contributed by atoms with Gasteiger partial charge in [-0.25, -0.2) is 14.6 Å². The molecule has 3 aromatic heterocycles. The standard InChI is InChI=1S/C17H14ClN7O/c1-10-13-5-11(7-20-16(13)24(2)23-10)17(26)22-14-6-12(18)3-4-15(14)25-9-19-8-21-25/h3-9H,1-2H3,(H,22,26). The van der Waals surface area contributed by atoms with Gasteiger partial charge in [-0.3, -0.25) is 9.48 Å². The summed E-state index contributed by atoms with van der Waals surface area (Å²) in [5.74, 6) is -0.300. The van der Waals surface area contributed by atoms with Crippen molar-refractivity contribution < 1.29 is 4.79 Å². The fourth-order valence-corrected chi connectivity index (χ4v) is 2.94. The van der Waals surface area contributed by atoms with Crippen molar-refractivity contribution in [3.05, 3.63) is 59.4 Å². The fourth-order valence-electron chi connectivity index (χ4n) is 2.77. The summed E-state index contributed by atoms with van der Waals surface area (Å²) in [6, 6.07) is 6.93. The number of carbonyl (C=O) groups is 1. The Balaban J connectivity index is 1.71. The Morgan fingerprint density at radius 3 is 2.88 bits per heavy atom. The number of nitrogens with one attached hydrogen (secondary N) is 1. The van der Waals surface area contributed by atoms with Crippen molar-refractivity contribution >= 4 is 34.2 Å². The zero-order chi connectivity index (χ0) is 18.3. The van der Waals surface area contributed by atoms with Gasteiger partial charge in [0, 0.05) is 23.7 Å². The number of nitrogens with zero attached hydrogens (tertiary/aromatic N) is 6. The summed E-state index contributed by atoms with van der Waals surface area (Å²) in [6.07, 6.45) is 4.49. The molecule has 0 unspecified atom stereocenters. The highest BCUT2D eigenvalue weighted by molar-refractivity contribution is 6.31. The molecule has 0 aliphatic carbocycles. The van der Waals surface area contributed by atoms with Gasteiger partial charge in [0.1, 0.15) is 12.7 Å². The molecule has 0 spiro atoms. The van der Waals surface area contributed by atoms with E-state index in [-0.39, 0.29) is 5.91 Å². The van der Waals surface area contributed by atoms with Crippen LogP contribution >= 0.6 is 11.6 Å². The molecule has 0 fully saturated rings. The third-order valence-electron chi connectivity index (χ3n) is 4.00. The number of rotatable bonds is 3. The lowest BCUT2D eigenvalue weighted by Gasteiger charge is -2.11. The second-order valence-electron chi connectivity index (χ2n) is 5.76. The van der Waals surface area contributed by atoms with E-state index in [9.17, 15) is 4.79 Å². The van der Waals surface area contributed by atoms with Gasteiger partial charge < -0.3 is 5.32 Å². The Morgan fingerprint density at radius 2 is 2.12 bits per heavy atom. The predicted octanol–water partition coefficient (Wildman–Crippen LogP) is 2.76. The Bertz CT molecular complexity index is 1120. The van der Waals surface area contributed by atoms with Gasteiger partial charge in [0.2, 0.25) is 0 Å². The number of pyridine rings is 1. The Morgan fingerprint density at radius 1 is 1.27 bits per heavy atom. The molecule has 8 nitrogen and oxygen atoms in total. The molecule has 4 rings (SSSR count). The quantitative estimate of drug-likeness (QED) is 0.601. The Labute approximate surface area is 153 Å². The van der Waals surface area contributed by atoms with Gasteiger partial charge in [0.05, 0.1) is 22.6 Å². The molecule has 130 valence electrons. The van der Waals surface area contributed by atoms with E-state index < -0.39 is 0 Å². The molecule has 1 amide bonds. The van der Waals surface area contributed by atoms with Crippen molar-refractivity contribution in [2.75, 3.05) is 5.32 Å². The highest BCUT2D eigenvalue weighted by Crippen LogP contribution is 2.25. The second kappa shape index (κ2) is 6.23. The van der Waals surface area contributed by atoms with Crippen LogP contribution in [0.1, 0.15) is 16.1 Å². The zero-order valence-electron chi connectivity index (χ0n) is 14.0. The van der Waals surface area contributed by atoms with E-state index >= 15 is 0 Å². The third kappa shape index (κ3) is 2.80. The lowest BCUT2D eigenvalue weighted by Crippen LogP contribution is -2.14. The molecule has 9 heteroatoms. The lowest BCUT2D eigenvalue weighted by atomic mass is 10.2. The molecule has 4 aromatic rings. The number of aromatic nitrogens is 6. The van der Waals surface area contributed by atoms with Crippen LogP contribution in [0.2, 0.25) is 5.02 Å². The van der Waals surface area contributed by atoms with E-state index in [0.717, 1.165) is 16.7 Å². The third-order valence-corrected chi connectivity index (χ3v) is 4.23. The van der Waals surface area contributed by atoms with E-state index in [0.29, 0.717) is 22.0 Å². The molecule has 26 heavy (non-hydrogen) atoms. The molecule has 0 atom stereocenters. The topological polar surface area (TPSA) is 90.5 Å². The monoisotopic (exact) mass is 367 g/mol. The smallest absolute Gasteiger partial charge is 0.257 e. The van der Waals surface area contributed by atoms with Crippen molar-refractivity contribution in [1.29, 1.82) is 0 Å². The molecule has 1 N–H and O–H groups in total. The number of hydrogen-bond acceptors (Lipinski definition) is 5. The minimum atomic E-state index is -0.300. The SMILES string of the molecule is Cc1nn(C)c2ncc(C(=O)Nc3cc(Cl)ccc3-n3cncn3)cc12. The summed E-state index contributed by atoms with van der Waals surface area (Å²) in [5, 5.41) is 12.6. The van der Waals surface area contributed by atoms with E-state index in [2.05, 4.69) is 25.5 Å². The molecule has 0 radical (unpaired) electrons. The number of halogens is 1. The van der Waals surface area contributed by atoms with Crippen LogP contribution in [0.5, 0.6) is 0 Å². The molecule has 0 aliphatic heterocycles. The minimum Gasteiger partial charge on any atom is -0.320 e. The summed E-state index contributed by atoms with van der Waals surface area (Å²) >= 11 is 6.09. The molecule has 0 saturated heterocycles. The molecular formula is C17H14ClN7O. The van der Waals surface area contributed by atoms with Crippen LogP contribution in [0.3, 0.4) is 0 Å². The maximum Gasteiger partial charge on any atom is 0.257 e. The van der Waals surface area contributed by atoms with E-state index in [4.69, 9.17) is 11.6 Å². The number of carbonyl (C=O) groups excluding carboxylic acids is 1. The van der Waals surface area contributed by atoms with Crippen molar-refractivity contribution in [2.45, 2.75) is 6.92 Å². The average molecular weight is 368 g/mol. The van der Waals surface area contributed by atoms with Crippen molar-refractivity contribution in [3.8, 4) is 5.69 Å². The Hall–Kier alpha value is -3.26. The summed E-state index contributed by atoms with van der Waals surface area (Å²) in [7, 11) is 1.82. The first-order valence-corrected chi connectivity index (χ1v) is 8.16. The van der Waals surface area contributed by atoms with Gasteiger partial charge in [-0.2, -0.15) is 10.2 Å². The highest BCUT2D eigenvalue weighted by Gasteiger charge is 2.14. The summed E-state index contributed by atoms with van der Waals surface area (Å²) in [4.78, 5) is 21.0. The molecule has 0 aliphatic rings. The van der Waals surface area contributed by atoms with Gasteiger partial charge in [-0.15, -0.1) is 0 Å². The molecule has 1 aromatic carbocycles. The molecule has 0 saturated carbocycles. The van der Waals surface area contributed by atoms with E-state index in [1.54, 1.807) is 40.0 Å². The van der Waals surface area contributed by atoms with Crippen molar-refractivity contribution in [3.63, 3.8) is 0 Å². The molecule has 3 heterocycles. The van der Waals surface area contributed by atoms with Gasteiger partial charge in [0.15, 0.2) is 5.65 Å². The van der Waals surface area contributed by atoms with Crippen LogP contribution in [-0.4, -0.2) is 35.4 Å². The van der Waals surface area contributed by atoms with E-state index in [1.807, 2.05) is 14.0 Å².